The first-order valence-electron chi connectivity index (χ1n) is 10.3. The van der Waals surface area contributed by atoms with Crippen LogP contribution < -0.4 is 10.2 Å². The van der Waals surface area contributed by atoms with E-state index in [1.807, 2.05) is 37.8 Å². The number of amides is 1. The molecular formula is C22H23Cl2FN6O2. The van der Waals surface area contributed by atoms with Crippen LogP contribution in [0.2, 0.25) is 10.0 Å². The van der Waals surface area contributed by atoms with Gasteiger partial charge in [0.2, 0.25) is 0 Å². The smallest absolute Gasteiger partial charge is 0.410 e. The Bertz CT molecular complexity index is 1210. The summed E-state index contributed by atoms with van der Waals surface area (Å²) in [5.74, 6) is 0.355. The highest BCUT2D eigenvalue weighted by atomic mass is 35.5. The van der Waals surface area contributed by atoms with E-state index in [0.29, 0.717) is 35.8 Å². The zero-order chi connectivity index (χ0) is 23.9. The molecule has 2 aromatic heterocycles. The number of aromatic nitrogens is 3. The monoisotopic (exact) mass is 492 g/mol. The number of anilines is 3. The first-order chi connectivity index (χ1) is 15.5. The normalized spacial score (nSPS) is 14.2. The Morgan fingerprint density at radius 2 is 1.94 bits per heavy atom. The molecule has 1 N–H and O–H groups in total. The third-order valence-corrected chi connectivity index (χ3v) is 5.95. The molecule has 1 fully saturated rings. The van der Waals surface area contributed by atoms with Gasteiger partial charge in [-0.3, -0.25) is 0 Å². The maximum atomic E-state index is 14.5. The second-order valence-corrected chi connectivity index (χ2v) is 9.54. The Morgan fingerprint density at radius 3 is 2.64 bits per heavy atom. The highest BCUT2D eigenvalue weighted by Gasteiger charge is 2.35. The molecule has 1 aliphatic heterocycles. The van der Waals surface area contributed by atoms with Gasteiger partial charge in [-0.2, -0.15) is 0 Å². The Balaban J connectivity index is 1.52. The number of likely N-dealkylation sites (N-methyl/N-ethyl adjacent to an activating group) is 1. The summed E-state index contributed by atoms with van der Waals surface area (Å²) in [6, 6.07) is 6.66. The number of hydrogen-bond acceptors (Lipinski definition) is 7. The van der Waals surface area contributed by atoms with Crippen molar-refractivity contribution in [3.8, 4) is 0 Å². The van der Waals surface area contributed by atoms with E-state index in [9.17, 15) is 9.18 Å². The van der Waals surface area contributed by atoms with Crippen LogP contribution in [0.3, 0.4) is 0 Å². The maximum Gasteiger partial charge on any atom is 0.410 e. The molecule has 1 amide bonds. The SMILES string of the molecule is CN(C(=O)OC(C)(C)C)C1CN(c2ccc3ncnc(Nc4ccc(Cl)c(Cl)c4F)c3n2)C1. The van der Waals surface area contributed by atoms with Crippen LogP contribution in [-0.4, -0.2) is 57.7 Å². The molecule has 0 atom stereocenters. The van der Waals surface area contributed by atoms with E-state index < -0.39 is 11.4 Å². The molecule has 0 radical (unpaired) electrons. The lowest BCUT2D eigenvalue weighted by molar-refractivity contribution is 0.0196. The number of hydrogen-bond donors (Lipinski definition) is 1. The van der Waals surface area contributed by atoms with Gasteiger partial charge in [0, 0.05) is 20.1 Å². The number of nitrogens with one attached hydrogen (secondary N) is 1. The molecule has 4 rings (SSSR count). The second kappa shape index (κ2) is 8.79. The predicted octanol–water partition coefficient (Wildman–Crippen LogP) is 5.27. The van der Waals surface area contributed by atoms with Crippen molar-refractivity contribution in [2.24, 2.45) is 0 Å². The summed E-state index contributed by atoms with van der Waals surface area (Å²) in [5.41, 5.74) is 0.648. The molecule has 8 nitrogen and oxygen atoms in total. The van der Waals surface area contributed by atoms with Crippen molar-refractivity contribution >= 4 is 57.7 Å². The third kappa shape index (κ3) is 4.89. The van der Waals surface area contributed by atoms with E-state index in [1.165, 1.54) is 18.5 Å². The van der Waals surface area contributed by atoms with Crippen molar-refractivity contribution in [3.05, 3.63) is 46.5 Å². The van der Waals surface area contributed by atoms with Crippen molar-refractivity contribution in [1.82, 2.24) is 19.9 Å². The van der Waals surface area contributed by atoms with Crippen LogP contribution in [0.15, 0.2) is 30.6 Å². The van der Waals surface area contributed by atoms with E-state index in [2.05, 4.69) is 20.3 Å². The van der Waals surface area contributed by atoms with Crippen LogP contribution in [0.4, 0.5) is 26.5 Å². The fraction of sp³-hybridized carbons (Fsp3) is 0.364. The number of carbonyl (C=O) groups is 1. The van der Waals surface area contributed by atoms with Crippen molar-refractivity contribution in [2.45, 2.75) is 32.4 Å². The number of pyridine rings is 1. The summed E-state index contributed by atoms with van der Waals surface area (Å²) >= 11 is 11.8. The van der Waals surface area contributed by atoms with E-state index in [-0.39, 0.29) is 27.9 Å². The zero-order valence-corrected chi connectivity index (χ0v) is 20.1. The number of halogens is 3. The third-order valence-electron chi connectivity index (χ3n) is 5.17. The molecular weight excluding hydrogens is 470 g/mol. The van der Waals surface area contributed by atoms with Gasteiger partial charge in [0.05, 0.1) is 27.3 Å². The lowest BCUT2D eigenvalue weighted by Gasteiger charge is -2.44. The van der Waals surface area contributed by atoms with Crippen molar-refractivity contribution in [2.75, 3.05) is 30.4 Å². The lowest BCUT2D eigenvalue weighted by Crippen LogP contribution is -2.60. The topological polar surface area (TPSA) is 83.5 Å². The predicted molar refractivity (Wildman–Crippen MR) is 127 cm³/mol. The lowest BCUT2D eigenvalue weighted by atomic mass is 10.1. The van der Waals surface area contributed by atoms with Crippen molar-refractivity contribution in [1.29, 1.82) is 0 Å². The largest absolute Gasteiger partial charge is 0.444 e. The van der Waals surface area contributed by atoms with Gasteiger partial charge >= 0.3 is 6.09 Å². The number of rotatable bonds is 4. The van der Waals surface area contributed by atoms with Gasteiger partial charge in [-0.15, -0.1) is 0 Å². The minimum Gasteiger partial charge on any atom is -0.444 e. The van der Waals surface area contributed by atoms with E-state index in [4.69, 9.17) is 27.9 Å². The van der Waals surface area contributed by atoms with Gasteiger partial charge in [0.15, 0.2) is 11.6 Å². The van der Waals surface area contributed by atoms with Crippen molar-refractivity contribution < 1.29 is 13.9 Å². The Kier molecular flexibility index (Phi) is 6.20. The van der Waals surface area contributed by atoms with Crippen LogP contribution in [0.25, 0.3) is 11.0 Å². The minimum atomic E-state index is -0.678. The van der Waals surface area contributed by atoms with Gasteiger partial charge < -0.3 is 19.9 Å². The zero-order valence-electron chi connectivity index (χ0n) is 18.6. The van der Waals surface area contributed by atoms with Gasteiger partial charge in [-0.25, -0.2) is 24.1 Å². The average molecular weight is 493 g/mol. The summed E-state index contributed by atoms with van der Waals surface area (Å²) < 4.78 is 19.9. The number of carbonyl (C=O) groups excluding carboxylic acids is 1. The summed E-state index contributed by atoms with van der Waals surface area (Å²) in [6.07, 6.45) is 1.01. The first kappa shape index (κ1) is 23.3. The van der Waals surface area contributed by atoms with Crippen LogP contribution in [-0.2, 0) is 4.74 Å². The highest BCUT2D eigenvalue weighted by molar-refractivity contribution is 6.42. The molecule has 3 aromatic rings. The molecule has 1 aliphatic rings. The van der Waals surface area contributed by atoms with Crippen LogP contribution >= 0.6 is 23.2 Å². The van der Waals surface area contributed by atoms with Crippen LogP contribution in [0.1, 0.15) is 20.8 Å². The minimum absolute atomic E-state index is 0.00673. The molecule has 11 heteroatoms. The average Bonchev–Trinajstić information content (AvgIpc) is 2.72. The molecule has 0 aliphatic carbocycles. The molecule has 174 valence electrons. The quantitative estimate of drug-likeness (QED) is 0.496. The summed E-state index contributed by atoms with van der Waals surface area (Å²) in [6.45, 7) is 6.71. The number of nitrogens with zero attached hydrogens (tertiary/aromatic N) is 5. The van der Waals surface area contributed by atoms with Gasteiger partial charge in [-0.05, 0) is 45.0 Å². The Morgan fingerprint density at radius 1 is 1.21 bits per heavy atom. The number of fused-ring (bicyclic) bond motifs is 1. The molecule has 33 heavy (non-hydrogen) atoms. The van der Waals surface area contributed by atoms with Gasteiger partial charge in [0.1, 0.15) is 23.3 Å². The van der Waals surface area contributed by atoms with Gasteiger partial charge in [-0.1, -0.05) is 23.2 Å². The fourth-order valence-corrected chi connectivity index (χ4v) is 3.63. The Labute approximate surface area is 200 Å². The van der Waals surface area contributed by atoms with E-state index in [0.717, 1.165) is 0 Å². The standard InChI is InChI=1S/C22H23Cl2FN6O2/c1-22(2,3)33-21(32)30(4)12-9-31(10-12)16-8-7-15-19(29-16)20(27-11-26-15)28-14-6-5-13(23)17(24)18(14)25/h5-8,11-12H,9-10H2,1-4H3,(H,26,27,28). The number of benzene rings is 1. The molecule has 3 heterocycles. The van der Waals surface area contributed by atoms with Gasteiger partial charge in [0.25, 0.3) is 0 Å². The molecule has 1 aromatic carbocycles. The summed E-state index contributed by atoms with van der Waals surface area (Å²) in [7, 11) is 1.73. The Hall–Kier alpha value is -2.91. The summed E-state index contributed by atoms with van der Waals surface area (Å²) in [4.78, 5) is 29.1. The molecule has 0 saturated carbocycles. The molecule has 0 unspecified atom stereocenters. The second-order valence-electron chi connectivity index (χ2n) is 8.76. The van der Waals surface area contributed by atoms with Crippen LogP contribution in [0.5, 0.6) is 0 Å². The fourth-order valence-electron chi connectivity index (χ4n) is 3.32. The molecule has 0 bridgehead atoms. The first-order valence-corrected chi connectivity index (χ1v) is 11.0. The van der Waals surface area contributed by atoms with E-state index in [1.54, 1.807) is 11.9 Å². The molecule has 1 saturated heterocycles. The summed E-state index contributed by atoms with van der Waals surface area (Å²) in [5, 5.41) is 2.88. The highest BCUT2D eigenvalue weighted by Crippen LogP contribution is 2.33. The number of ether oxygens (including phenoxy) is 1. The van der Waals surface area contributed by atoms with E-state index >= 15 is 0 Å². The van der Waals surface area contributed by atoms with Crippen LogP contribution in [0, 0.1) is 5.82 Å². The maximum absolute atomic E-state index is 14.5. The molecule has 0 spiro atoms. The van der Waals surface area contributed by atoms with Crippen molar-refractivity contribution in [3.63, 3.8) is 0 Å².